The maximum Gasteiger partial charge on any atom is 0.0743 e. The van der Waals surface area contributed by atoms with Crippen molar-refractivity contribution in [1.29, 1.82) is 0 Å². The molecule has 2 atom stereocenters. The Hall–Kier alpha value is -1.77. The number of hydrogen-bond donors (Lipinski definition) is 1. The third-order valence-corrected chi connectivity index (χ3v) is 4.42. The van der Waals surface area contributed by atoms with Crippen LogP contribution in [0.1, 0.15) is 20.3 Å². The average Bonchev–Trinajstić information content (AvgIpc) is 2.41. The van der Waals surface area contributed by atoms with E-state index >= 15 is 0 Å². The van der Waals surface area contributed by atoms with Crippen LogP contribution >= 0.6 is 0 Å². The Morgan fingerprint density at radius 3 is 2.84 bits per heavy atom. The molecule has 1 fully saturated rings. The molecule has 0 bridgehead atoms. The SMILES string of the molecule is CC1CCN(c2ccnc3cc(N)ccc23)CC1C. The summed E-state index contributed by atoms with van der Waals surface area (Å²) in [6.45, 7) is 6.96. The van der Waals surface area contributed by atoms with E-state index < -0.39 is 0 Å². The van der Waals surface area contributed by atoms with Gasteiger partial charge in [0.1, 0.15) is 0 Å². The Labute approximate surface area is 114 Å². The molecule has 0 amide bonds. The van der Waals surface area contributed by atoms with Crippen LogP contribution in [0, 0.1) is 11.8 Å². The van der Waals surface area contributed by atoms with E-state index in [0.29, 0.717) is 0 Å². The lowest BCUT2D eigenvalue weighted by atomic mass is 9.88. The molecule has 0 radical (unpaired) electrons. The lowest BCUT2D eigenvalue weighted by molar-refractivity contribution is 0.324. The van der Waals surface area contributed by atoms with Crippen LogP contribution in [0.15, 0.2) is 30.5 Å². The molecule has 3 nitrogen and oxygen atoms in total. The molecule has 3 rings (SSSR count). The molecule has 0 aliphatic carbocycles. The van der Waals surface area contributed by atoms with Crippen LogP contribution in [0.25, 0.3) is 10.9 Å². The molecule has 100 valence electrons. The van der Waals surface area contributed by atoms with Gasteiger partial charge in [0, 0.05) is 36.0 Å². The van der Waals surface area contributed by atoms with Crippen LogP contribution in [-0.4, -0.2) is 18.1 Å². The van der Waals surface area contributed by atoms with E-state index in [0.717, 1.165) is 36.1 Å². The van der Waals surface area contributed by atoms with Gasteiger partial charge in [-0.2, -0.15) is 0 Å². The van der Waals surface area contributed by atoms with Crippen LogP contribution < -0.4 is 10.6 Å². The number of piperidine rings is 1. The van der Waals surface area contributed by atoms with Crippen molar-refractivity contribution in [2.75, 3.05) is 23.7 Å². The minimum atomic E-state index is 0.741. The minimum absolute atomic E-state index is 0.741. The molecule has 3 heteroatoms. The number of aromatic nitrogens is 1. The Balaban J connectivity index is 2.01. The number of nitrogens with two attached hydrogens (primary N) is 1. The van der Waals surface area contributed by atoms with Crippen molar-refractivity contribution >= 4 is 22.3 Å². The molecular formula is C16H21N3. The minimum Gasteiger partial charge on any atom is -0.399 e. The van der Waals surface area contributed by atoms with Crippen LogP contribution in [0.5, 0.6) is 0 Å². The molecule has 1 aliphatic heterocycles. The third-order valence-electron chi connectivity index (χ3n) is 4.42. The summed E-state index contributed by atoms with van der Waals surface area (Å²) in [5.74, 6) is 1.56. The quantitative estimate of drug-likeness (QED) is 0.795. The van der Waals surface area contributed by atoms with Crippen LogP contribution in [-0.2, 0) is 0 Å². The van der Waals surface area contributed by atoms with E-state index in [1.165, 1.54) is 17.5 Å². The van der Waals surface area contributed by atoms with E-state index in [1.54, 1.807) is 0 Å². The first-order valence-corrected chi connectivity index (χ1v) is 7.04. The smallest absolute Gasteiger partial charge is 0.0743 e. The van der Waals surface area contributed by atoms with Crippen molar-refractivity contribution in [2.45, 2.75) is 20.3 Å². The lowest BCUT2D eigenvalue weighted by Gasteiger charge is -2.37. The highest BCUT2D eigenvalue weighted by Gasteiger charge is 2.23. The second kappa shape index (κ2) is 4.72. The lowest BCUT2D eigenvalue weighted by Crippen LogP contribution is -2.38. The standard InChI is InChI=1S/C16H21N3/c1-11-6-8-19(10-12(11)2)16-5-7-18-15-9-13(17)3-4-14(15)16/h3-5,7,9,11-12H,6,8,10,17H2,1-2H3. The third kappa shape index (κ3) is 2.25. The summed E-state index contributed by atoms with van der Waals surface area (Å²) in [6.07, 6.45) is 3.15. The van der Waals surface area contributed by atoms with Crippen LogP contribution in [0.3, 0.4) is 0 Å². The molecule has 2 N–H and O–H groups in total. The van der Waals surface area contributed by atoms with Gasteiger partial charge in [-0.1, -0.05) is 13.8 Å². The second-order valence-corrected chi connectivity index (χ2v) is 5.80. The van der Waals surface area contributed by atoms with Crippen molar-refractivity contribution in [3.63, 3.8) is 0 Å². The fraction of sp³-hybridized carbons (Fsp3) is 0.438. The molecule has 1 aromatic carbocycles. The monoisotopic (exact) mass is 255 g/mol. The Morgan fingerprint density at radius 1 is 1.21 bits per heavy atom. The molecule has 2 unspecified atom stereocenters. The van der Waals surface area contributed by atoms with Gasteiger partial charge in [0.25, 0.3) is 0 Å². The summed E-state index contributed by atoms with van der Waals surface area (Å²) in [6, 6.07) is 8.13. The summed E-state index contributed by atoms with van der Waals surface area (Å²) in [7, 11) is 0. The van der Waals surface area contributed by atoms with Gasteiger partial charge in [0.15, 0.2) is 0 Å². The molecule has 1 aromatic heterocycles. The number of fused-ring (bicyclic) bond motifs is 1. The predicted octanol–water partition coefficient (Wildman–Crippen LogP) is 3.30. The summed E-state index contributed by atoms with van der Waals surface area (Å²) < 4.78 is 0. The average molecular weight is 255 g/mol. The highest BCUT2D eigenvalue weighted by Crippen LogP contribution is 2.31. The first kappa shape index (κ1) is 12.3. The highest BCUT2D eigenvalue weighted by molar-refractivity contribution is 5.93. The summed E-state index contributed by atoms with van der Waals surface area (Å²) >= 11 is 0. The van der Waals surface area contributed by atoms with E-state index in [-0.39, 0.29) is 0 Å². The second-order valence-electron chi connectivity index (χ2n) is 5.80. The van der Waals surface area contributed by atoms with Gasteiger partial charge in [-0.05, 0) is 42.5 Å². The van der Waals surface area contributed by atoms with Crippen molar-refractivity contribution in [1.82, 2.24) is 4.98 Å². The first-order chi connectivity index (χ1) is 9.15. The molecule has 2 aromatic rings. The van der Waals surface area contributed by atoms with Crippen molar-refractivity contribution < 1.29 is 0 Å². The Morgan fingerprint density at radius 2 is 2.05 bits per heavy atom. The van der Waals surface area contributed by atoms with Gasteiger partial charge in [-0.3, -0.25) is 4.98 Å². The number of anilines is 2. The van der Waals surface area contributed by atoms with Crippen molar-refractivity contribution in [3.05, 3.63) is 30.5 Å². The molecule has 0 saturated carbocycles. The van der Waals surface area contributed by atoms with Crippen molar-refractivity contribution in [2.24, 2.45) is 11.8 Å². The van der Waals surface area contributed by atoms with Gasteiger partial charge in [-0.25, -0.2) is 0 Å². The van der Waals surface area contributed by atoms with Crippen LogP contribution in [0.2, 0.25) is 0 Å². The van der Waals surface area contributed by atoms with E-state index in [2.05, 4.69) is 35.9 Å². The van der Waals surface area contributed by atoms with Crippen LogP contribution in [0.4, 0.5) is 11.4 Å². The van der Waals surface area contributed by atoms with E-state index in [1.807, 2.05) is 18.3 Å². The molecule has 0 spiro atoms. The van der Waals surface area contributed by atoms with E-state index in [9.17, 15) is 0 Å². The summed E-state index contributed by atoms with van der Waals surface area (Å²) in [5, 5.41) is 1.21. The first-order valence-electron chi connectivity index (χ1n) is 7.04. The van der Waals surface area contributed by atoms with Gasteiger partial charge in [0.2, 0.25) is 0 Å². The number of rotatable bonds is 1. The van der Waals surface area contributed by atoms with Crippen molar-refractivity contribution in [3.8, 4) is 0 Å². The summed E-state index contributed by atoms with van der Waals surface area (Å²) in [5.41, 5.74) is 8.90. The Bertz CT molecular complexity index is 594. The largest absolute Gasteiger partial charge is 0.399 e. The van der Waals surface area contributed by atoms with Gasteiger partial charge >= 0.3 is 0 Å². The fourth-order valence-electron chi connectivity index (χ4n) is 2.91. The zero-order chi connectivity index (χ0) is 13.4. The number of hydrogen-bond acceptors (Lipinski definition) is 3. The zero-order valence-corrected chi connectivity index (χ0v) is 11.6. The molecule has 19 heavy (non-hydrogen) atoms. The molecule has 2 heterocycles. The number of pyridine rings is 1. The zero-order valence-electron chi connectivity index (χ0n) is 11.6. The number of benzene rings is 1. The van der Waals surface area contributed by atoms with Gasteiger partial charge in [0.05, 0.1) is 5.52 Å². The van der Waals surface area contributed by atoms with E-state index in [4.69, 9.17) is 5.73 Å². The molecule has 1 saturated heterocycles. The van der Waals surface area contributed by atoms with Gasteiger partial charge in [-0.15, -0.1) is 0 Å². The maximum absolute atomic E-state index is 5.84. The normalized spacial score (nSPS) is 23.8. The number of nitrogen functional groups attached to an aromatic ring is 1. The topological polar surface area (TPSA) is 42.2 Å². The van der Waals surface area contributed by atoms with Gasteiger partial charge < -0.3 is 10.6 Å². The molecular weight excluding hydrogens is 234 g/mol. The molecule has 1 aliphatic rings. The Kier molecular flexibility index (Phi) is 3.05. The number of nitrogens with zero attached hydrogens (tertiary/aromatic N) is 2. The maximum atomic E-state index is 5.84. The summed E-state index contributed by atoms with van der Waals surface area (Å²) in [4.78, 5) is 6.92. The fourth-order valence-corrected chi connectivity index (χ4v) is 2.91. The highest BCUT2D eigenvalue weighted by atomic mass is 15.1. The predicted molar refractivity (Wildman–Crippen MR) is 81.3 cm³/mol.